The van der Waals surface area contributed by atoms with Crippen LogP contribution in [0.25, 0.3) is 0 Å². The lowest BCUT2D eigenvalue weighted by Gasteiger charge is -2.24. The molecule has 1 atom stereocenters. The normalized spacial score (nSPS) is 13.5. The molecule has 0 radical (unpaired) electrons. The molecule has 110 valence electrons. The molecule has 2 N–H and O–H groups in total. The van der Waals surface area contributed by atoms with Crippen LogP contribution in [0.1, 0.15) is 53.5 Å². The molecule has 0 spiro atoms. The molecule has 1 aromatic rings. The van der Waals surface area contributed by atoms with Crippen LogP contribution in [0, 0.1) is 17.8 Å². The third-order valence-electron chi connectivity index (χ3n) is 3.52. The van der Waals surface area contributed by atoms with E-state index in [1.165, 1.54) is 0 Å². The molecule has 0 aliphatic rings. The van der Waals surface area contributed by atoms with E-state index in [1.807, 2.05) is 6.92 Å². The van der Waals surface area contributed by atoms with Gasteiger partial charge in [-0.2, -0.15) is 0 Å². The highest BCUT2D eigenvalue weighted by Gasteiger charge is 2.19. The summed E-state index contributed by atoms with van der Waals surface area (Å²) in [6.45, 7) is 14.8. The molecule has 0 aromatic carbocycles. The van der Waals surface area contributed by atoms with Gasteiger partial charge < -0.3 is 15.1 Å². The molecule has 0 amide bonds. The zero-order valence-corrected chi connectivity index (χ0v) is 13.0. The molecule has 0 saturated heterocycles. The molecule has 5 heteroatoms. The Morgan fingerprint density at radius 2 is 1.68 bits per heavy atom. The molecule has 1 unspecified atom stereocenters. The summed E-state index contributed by atoms with van der Waals surface area (Å²) in [5.41, 5.74) is 0. The van der Waals surface area contributed by atoms with Gasteiger partial charge in [-0.1, -0.05) is 39.7 Å². The van der Waals surface area contributed by atoms with Gasteiger partial charge in [-0.3, -0.25) is 0 Å². The number of aromatic nitrogens is 2. The standard InChI is InChI=1S/C14H28N4O/c1-7-15-11(6)13-17-18-14(19-13)16-8-12(9(2)3)10(4)5/h9-12,15H,7-8H2,1-6H3,(H,16,18). The van der Waals surface area contributed by atoms with Crippen molar-refractivity contribution in [2.24, 2.45) is 17.8 Å². The molecule has 0 aliphatic carbocycles. The summed E-state index contributed by atoms with van der Waals surface area (Å²) < 4.78 is 5.61. The highest BCUT2D eigenvalue weighted by atomic mass is 16.4. The van der Waals surface area contributed by atoms with Gasteiger partial charge in [-0.05, 0) is 31.2 Å². The molecule has 1 rings (SSSR count). The van der Waals surface area contributed by atoms with E-state index in [4.69, 9.17) is 4.42 Å². The highest BCUT2D eigenvalue weighted by Crippen LogP contribution is 2.21. The van der Waals surface area contributed by atoms with E-state index in [-0.39, 0.29) is 6.04 Å². The van der Waals surface area contributed by atoms with Crippen molar-refractivity contribution in [1.82, 2.24) is 15.5 Å². The van der Waals surface area contributed by atoms with Gasteiger partial charge in [-0.15, -0.1) is 5.10 Å². The first-order chi connectivity index (χ1) is 8.95. The van der Waals surface area contributed by atoms with Crippen molar-refractivity contribution >= 4 is 6.01 Å². The van der Waals surface area contributed by atoms with Crippen LogP contribution < -0.4 is 10.6 Å². The molecule has 0 bridgehead atoms. The molecule has 1 aromatic heterocycles. The number of hydrogen-bond acceptors (Lipinski definition) is 5. The molecule has 0 aliphatic heterocycles. The first-order valence-electron chi connectivity index (χ1n) is 7.26. The third kappa shape index (κ3) is 4.82. The van der Waals surface area contributed by atoms with Crippen molar-refractivity contribution < 1.29 is 4.42 Å². The second-order valence-electron chi connectivity index (χ2n) is 5.76. The van der Waals surface area contributed by atoms with E-state index in [2.05, 4.69) is 55.4 Å². The minimum Gasteiger partial charge on any atom is -0.406 e. The Hall–Kier alpha value is -1.10. The Morgan fingerprint density at radius 3 is 2.21 bits per heavy atom. The number of rotatable bonds is 8. The second-order valence-corrected chi connectivity index (χ2v) is 5.76. The SMILES string of the molecule is CCNC(C)c1nnc(NCC(C(C)C)C(C)C)o1. The maximum atomic E-state index is 5.61. The Balaban J connectivity index is 2.54. The van der Waals surface area contributed by atoms with Crippen LogP contribution in [-0.2, 0) is 0 Å². The van der Waals surface area contributed by atoms with Crippen LogP contribution >= 0.6 is 0 Å². The number of nitrogens with one attached hydrogen (secondary N) is 2. The van der Waals surface area contributed by atoms with Gasteiger partial charge in [-0.25, -0.2) is 0 Å². The van der Waals surface area contributed by atoms with Gasteiger partial charge in [0.1, 0.15) is 0 Å². The first kappa shape index (κ1) is 16.0. The zero-order valence-electron chi connectivity index (χ0n) is 13.0. The maximum absolute atomic E-state index is 5.61. The van der Waals surface area contributed by atoms with E-state index in [0.717, 1.165) is 13.1 Å². The molecule has 19 heavy (non-hydrogen) atoms. The Bertz CT molecular complexity index is 354. The fourth-order valence-electron chi connectivity index (χ4n) is 2.32. The summed E-state index contributed by atoms with van der Waals surface area (Å²) in [4.78, 5) is 0. The van der Waals surface area contributed by atoms with Crippen molar-refractivity contribution in [2.75, 3.05) is 18.4 Å². The van der Waals surface area contributed by atoms with Crippen LogP contribution in [0.2, 0.25) is 0 Å². The predicted molar refractivity (Wildman–Crippen MR) is 78.0 cm³/mol. The number of hydrogen-bond donors (Lipinski definition) is 2. The van der Waals surface area contributed by atoms with Crippen molar-refractivity contribution in [3.05, 3.63) is 5.89 Å². The number of anilines is 1. The molecular weight excluding hydrogens is 240 g/mol. The average Bonchev–Trinajstić information content (AvgIpc) is 2.77. The fourth-order valence-corrected chi connectivity index (χ4v) is 2.32. The summed E-state index contributed by atoms with van der Waals surface area (Å²) >= 11 is 0. The van der Waals surface area contributed by atoms with Gasteiger partial charge in [0, 0.05) is 6.54 Å². The zero-order chi connectivity index (χ0) is 14.4. The fraction of sp³-hybridized carbons (Fsp3) is 0.857. The molecule has 5 nitrogen and oxygen atoms in total. The lowest BCUT2D eigenvalue weighted by atomic mass is 9.85. The molecule has 1 heterocycles. The van der Waals surface area contributed by atoms with Crippen molar-refractivity contribution in [2.45, 2.75) is 47.6 Å². The van der Waals surface area contributed by atoms with Crippen molar-refractivity contribution in [1.29, 1.82) is 0 Å². The van der Waals surface area contributed by atoms with E-state index in [9.17, 15) is 0 Å². The van der Waals surface area contributed by atoms with E-state index < -0.39 is 0 Å². The van der Waals surface area contributed by atoms with E-state index in [0.29, 0.717) is 29.7 Å². The topological polar surface area (TPSA) is 63.0 Å². The monoisotopic (exact) mass is 268 g/mol. The lowest BCUT2D eigenvalue weighted by molar-refractivity contribution is 0.302. The van der Waals surface area contributed by atoms with Crippen molar-refractivity contribution in [3.8, 4) is 0 Å². The molecule has 0 saturated carbocycles. The Kier molecular flexibility index (Phi) is 6.28. The molecular formula is C14H28N4O. The van der Waals surface area contributed by atoms with E-state index >= 15 is 0 Å². The summed E-state index contributed by atoms with van der Waals surface area (Å²) in [6.07, 6.45) is 0. The van der Waals surface area contributed by atoms with Crippen LogP contribution in [0.3, 0.4) is 0 Å². The van der Waals surface area contributed by atoms with Crippen molar-refractivity contribution in [3.63, 3.8) is 0 Å². The Morgan fingerprint density at radius 1 is 1.05 bits per heavy atom. The van der Waals surface area contributed by atoms with Crippen LogP contribution in [0.5, 0.6) is 0 Å². The Labute approximate surface area is 116 Å². The minimum absolute atomic E-state index is 0.0963. The second kappa shape index (κ2) is 7.48. The predicted octanol–water partition coefficient (Wildman–Crippen LogP) is 3.08. The largest absolute Gasteiger partial charge is 0.406 e. The van der Waals surface area contributed by atoms with Gasteiger partial charge in [0.15, 0.2) is 0 Å². The lowest BCUT2D eigenvalue weighted by Crippen LogP contribution is -2.24. The third-order valence-corrected chi connectivity index (χ3v) is 3.52. The summed E-state index contributed by atoms with van der Waals surface area (Å²) in [7, 11) is 0. The van der Waals surface area contributed by atoms with Crippen LogP contribution in [0.15, 0.2) is 4.42 Å². The summed E-state index contributed by atoms with van der Waals surface area (Å²) in [5, 5.41) is 14.6. The van der Waals surface area contributed by atoms with Gasteiger partial charge in [0.25, 0.3) is 0 Å². The maximum Gasteiger partial charge on any atom is 0.315 e. The minimum atomic E-state index is 0.0963. The van der Waals surface area contributed by atoms with E-state index in [1.54, 1.807) is 0 Å². The van der Waals surface area contributed by atoms with Gasteiger partial charge in [0.2, 0.25) is 5.89 Å². The number of nitrogens with zero attached hydrogens (tertiary/aromatic N) is 2. The summed E-state index contributed by atoms with van der Waals surface area (Å²) in [5.74, 6) is 2.50. The summed E-state index contributed by atoms with van der Waals surface area (Å²) in [6, 6.07) is 0.616. The smallest absolute Gasteiger partial charge is 0.315 e. The quantitative estimate of drug-likeness (QED) is 0.758. The molecule has 0 fully saturated rings. The van der Waals surface area contributed by atoms with Crippen LogP contribution in [0.4, 0.5) is 6.01 Å². The van der Waals surface area contributed by atoms with Gasteiger partial charge >= 0.3 is 6.01 Å². The van der Waals surface area contributed by atoms with Gasteiger partial charge in [0.05, 0.1) is 6.04 Å². The first-order valence-corrected chi connectivity index (χ1v) is 7.26. The van der Waals surface area contributed by atoms with Crippen LogP contribution in [-0.4, -0.2) is 23.3 Å². The highest BCUT2D eigenvalue weighted by molar-refractivity contribution is 5.17. The average molecular weight is 268 g/mol.